The van der Waals surface area contributed by atoms with Crippen molar-refractivity contribution < 1.29 is 0 Å². The molecule has 0 saturated heterocycles. The van der Waals surface area contributed by atoms with E-state index in [1.54, 1.807) is 0 Å². The molecule has 0 nitrogen and oxygen atoms in total. The molecule has 0 unspecified atom stereocenters. The second kappa shape index (κ2) is 6.61. The first-order valence-corrected chi connectivity index (χ1v) is 7.32. The first-order chi connectivity index (χ1) is 8.57. The van der Waals surface area contributed by atoms with Gasteiger partial charge in [0.05, 0.1) is 0 Å². The molecule has 0 aliphatic carbocycles. The van der Waals surface area contributed by atoms with E-state index in [9.17, 15) is 0 Å². The van der Waals surface area contributed by atoms with Crippen molar-refractivity contribution in [3.05, 3.63) is 47.0 Å². The zero-order chi connectivity index (χ0) is 14.8. The van der Waals surface area contributed by atoms with Gasteiger partial charge in [0.25, 0.3) is 0 Å². The van der Waals surface area contributed by atoms with Crippen LogP contribution in [-0.2, 0) is 17.3 Å². The second-order valence-corrected chi connectivity index (χ2v) is 7.64. The van der Waals surface area contributed by atoms with Crippen LogP contribution in [0.4, 0.5) is 0 Å². The summed E-state index contributed by atoms with van der Waals surface area (Å²) in [5.41, 5.74) is 6.28. The molecule has 0 amide bonds. The maximum atomic E-state index is 3.84. The Kier molecular flexibility index (Phi) is 6.26. The monoisotopic (exact) mass is 274 g/mol. The van der Waals surface area contributed by atoms with Crippen molar-refractivity contribution in [1.82, 2.24) is 0 Å². The fourth-order valence-corrected chi connectivity index (χ4v) is 2.75. The van der Waals surface area contributed by atoms with Gasteiger partial charge >= 0.3 is 0 Å². The second-order valence-electron chi connectivity index (χ2n) is 7.64. The minimum atomic E-state index is 0. The molecule has 0 bridgehead atoms. The van der Waals surface area contributed by atoms with Gasteiger partial charge in [-0.25, -0.2) is 0 Å². The Morgan fingerprint density at radius 2 is 1.35 bits per heavy atom. The molecule has 1 aromatic rings. The minimum absolute atomic E-state index is 0. The van der Waals surface area contributed by atoms with E-state index in [0.29, 0.717) is 0 Å². The van der Waals surface area contributed by atoms with Crippen LogP contribution in [0.25, 0.3) is 0 Å². The van der Waals surface area contributed by atoms with Crippen LogP contribution < -0.4 is 0 Å². The molecule has 0 saturated carbocycles. The van der Waals surface area contributed by atoms with Gasteiger partial charge in [0, 0.05) is 0 Å². The van der Waals surface area contributed by atoms with Crippen molar-refractivity contribution in [3.63, 3.8) is 0 Å². The third kappa shape index (κ3) is 4.51. The van der Waals surface area contributed by atoms with E-state index in [0.717, 1.165) is 12.8 Å². The zero-order valence-corrected chi connectivity index (χ0v) is 13.9. The van der Waals surface area contributed by atoms with E-state index >= 15 is 0 Å². The summed E-state index contributed by atoms with van der Waals surface area (Å²) >= 11 is 0. The molecular formula is C20H34. The average Bonchev–Trinajstić information content (AvgIpc) is 2.24. The molecule has 0 radical (unpaired) electrons. The van der Waals surface area contributed by atoms with E-state index < -0.39 is 0 Å². The first kappa shape index (κ1) is 19.0. The zero-order valence-electron chi connectivity index (χ0n) is 13.9. The summed E-state index contributed by atoms with van der Waals surface area (Å²) in [4.78, 5) is 0. The van der Waals surface area contributed by atoms with E-state index in [4.69, 9.17) is 0 Å². The predicted molar refractivity (Wildman–Crippen MR) is 93.8 cm³/mol. The highest BCUT2D eigenvalue weighted by molar-refractivity contribution is 5.45. The van der Waals surface area contributed by atoms with Crippen molar-refractivity contribution in [2.24, 2.45) is 0 Å². The van der Waals surface area contributed by atoms with Crippen molar-refractivity contribution in [2.75, 3.05) is 0 Å². The summed E-state index contributed by atoms with van der Waals surface area (Å²) < 4.78 is 0. The van der Waals surface area contributed by atoms with Crippen LogP contribution in [0.1, 0.15) is 77.6 Å². The summed E-state index contributed by atoms with van der Waals surface area (Å²) in [6.07, 6.45) is 4.15. The lowest BCUT2D eigenvalue weighted by atomic mass is 9.75. The molecule has 0 aliphatic rings. The van der Waals surface area contributed by atoms with Gasteiger partial charge in [-0.1, -0.05) is 67.2 Å². The number of hydrogen-bond acceptors (Lipinski definition) is 0. The molecule has 0 fully saturated rings. The summed E-state index contributed by atoms with van der Waals surface area (Å²) in [5.74, 6) is 0. The molecule has 114 valence electrons. The molecule has 1 rings (SSSR count). The van der Waals surface area contributed by atoms with Gasteiger partial charge in [-0.3, -0.25) is 0 Å². The van der Waals surface area contributed by atoms with E-state index in [2.05, 4.69) is 67.2 Å². The maximum Gasteiger partial charge on any atom is -0.0129 e. The molecular weight excluding hydrogens is 240 g/mol. The summed E-state index contributed by atoms with van der Waals surface area (Å²) in [6, 6.07) is 4.79. The number of aryl methyl sites for hydroxylation is 1. The Morgan fingerprint density at radius 3 is 1.65 bits per heavy atom. The van der Waals surface area contributed by atoms with E-state index in [-0.39, 0.29) is 18.3 Å². The lowest BCUT2D eigenvalue weighted by Crippen LogP contribution is -2.20. The summed E-state index contributed by atoms with van der Waals surface area (Å²) in [5, 5.41) is 0. The van der Waals surface area contributed by atoms with E-state index in [1.165, 1.54) is 22.3 Å². The fourth-order valence-electron chi connectivity index (χ4n) is 2.75. The van der Waals surface area contributed by atoms with Crippen molar-refractivity contribution in [2.45, 2.75) is 79.6 Å². The normalized spacial score (nSPS) is 11.9. The highest BCUT2D eigenvalue weighted by atomic mass is 14.3. The van der Waals surface area contributed by atoms with E-state index in [1.807, 2.05) is 6.08 Å². The fraction of sp³-hybridized carbons (Fsp3) is 0.600. The average molecular weight is 274 g/mol. The van der Waals surface area contributed by atoms with Crippen LogP contribution >= 0.6 is 0 Å². The summed E-state index contributed by atoms with van der Waals surface area (Å²) in [6.45, 7) is 19.9. The molecule has 0 aliphatic heterocycles. The quantitative estimate of drug-likeness (QED) is 0.564. The Hall–Kier alpha value is -1.04. The largest absolute Gasteiger partial charge is 0.103 e. The lowest BCUT2D eigenvalue weighted by Gasteiger charge is -2.30. The molecule has 0 atom stereocenters. The molecule has 0 N–H and O–H groups in total. The smallest absolute Gasteiger partial charge is 0.0129 e. The number of benzene rings is 1. The van der Waals surface area contributed by atoms with Gasteiger partial charge in [0.2, 0.25) is 0 Å². The van der Waals surface area contributed by atoms with Gasteiger partial charge in [0.15, 0.2) is 0 Å². The molecule has 0 heteroatoms. The highest BCUT2D eigenvalue weighted by Crippen LogP contribution is 2.34. The molecule has 20 heavy (non-hydrogen) atoms. The minimum Gasteiger partial charge on any atom is -0.103 e. The van der Waals surface area contributed by atoms with Crippen LogP contribution in [-0.4, -0.2) is 0 Å². The highest BCUT2D eigenvalue weighted by Gasteiger charge is 2.24. The third-order valence-corrected chi connectivity index (χ3v) is 3.72. The van der Waals surface area contributed by atoms with Gasteiger partial charge in [-0.2, -0.15) is 0 Å². The van der Waals surface area contributed by atoms with Gasteiger partial charge in [-0.15, -0.1) is 6.58 Å². The van der Waals surface area contributed by atoms with Gasteiger partial charge in [0.1, 0.15) is 0 Å². The topological polar surface area (TPSA) is 0 Å². The van der Waals surface area contributed by atoms with Gasteiger partial charge < -0.3 is 0 Å². The standard InChI is InChI=1S/C19H30.CH4/c1-9-10-11-15-12-16(18(3,4)5)14(2)17(13-15)19(6,7)8;/h9,12-13H,1,10-11H2,2-8H3;1H4. The molecule has 0 heterocycles. The Labute approximate surface area is 127 Å². The maximum absolute atomic E-state index is 3.84. The molecule has 1 aromatic carbocycles. The Bertz CT molecular complexity index is 415. The Balaban J connectivity index is 0.00000361. The van der Waals surface area contributed by atoms with Gasteiger partial charge in [-0.05, 0) is 52.8 Å². The van der Waals surface area contributed by atoms with Crippen LogP contribution in [0, 0.1) is 6.92 Å². The predicted octanol–water partition coefficient (Wildman–Crippen LogP) is 6.34. The molecule has 0 spiro atoms. The number of rotatable bonds is 3. The van der Waals surface area contributed by atoms with Crippen LogP contribution in [0.5, 0.6) is 0 Å². The first-order valence-electron chi connectivity index (χ1n) is 7.32. The SMILES string of the molecule is C.C=CCCc1cc(C(C)(C)C)c(C)c(C(C)(C)C)c1. The summed E-state index contributed by atoms with van der Waals surface area (Å²) in [7, 11) is 0. The van der Waals surface area contributed by atoms with Crippen molar-refractivity contribution in [3.8, 4) is 0 Å². The number of allylic oxidation sites excluding steroid dienone is 1. The molecule has 0 aromatic heterocycles. The Morgan fingerprint density at radius 1 is 0.950 bits per heavy atom. The van der Waals surface area contributed by atoms with Crippen molar-refractivity contribution in [1.29, 1.82) is 0 Å². The van der Waals surface area contributed by atoms with Crippen LogP contribution in [0.3, 0.4) is 0 Å². The van der Waals surface area contributed by atoms with Crippen LogP contribution in [0.2, 0.25) is 0 Å². The number of hydrogen-bond donors (Lipinski definition) is 0. The third-order valence-electron chi connectivity index (χ3n) is 3.72. The van der Waals surface area contributed by atoms with Crippen molar-refractivity contribution >= 4 is 0 Å². The van der Waals surface area contributed by atoms with Crippen LogP contribution in [0.15, 0.2) is 24.8 Å². The lowest BCUT2D eigenvalue weighted by molar-refractivity contribution is 0.559.